The van der Waals surface area contributed by atoms with Gasteiger partial charge in [0, 0.05) is 5.92 Å². The summed E-state index contributed by atoms with van der Waals surface area (Å²) in [6.07, 6.45) is -7.39. The molecule has 0 aromatic heterocycles. The molecule has 0 heterocycles. The van der Waals surface area contributed by atoms with Gasteiger partial charge in [-0.3, -0.25) is 9.35 Å². The first-order valence-corrected chi connectivity index (χ1v) is 12.7. The highest BCUT2D eigenvalue weighted by atomic mass is 32.2. The molecule has 1 aromatic carbocycles. The first-order chi connectivity index (χ1) is 17.4. The first-order valence-electron chi connectivity index (χ1n) is 11.3. The highest BCUT2D eigenvalue weighted by Crippen LogP contribution is 2.35. The van der Waals surface area contributed by atoms with Crippen LogP contribution in [0.1, 0.15) is 51.0 Å². The van der Waals surface area contributed by atoms with E-state index in [9.17, 15) is 48.7 Å². The molecule has 1 fully saturated rings. The van der Waals surface area contributed by atoms with Crippen molar-refractivity contribution in [3.63, 3.8) is 0 Å². The fraction of sp³-hybridized carbons (Fsp3) is 0.636. The van der Waals surface area contributed by atoms with Crippen molar-refractivity contribution < 1.29 is 67.5 Å². The number of halogens is 7. The predicted molar refractivity (Wildman–Crippen MR) is 115 cm³/mol. The van der Waals surface area contributed by atoms with Gasteiger partial charge in [-0.1, -0.05) is 26.2 Å². The van der Waals surface area contributed by atoms with Gasteiger partial charge in [0.2, 0.25) is 0 Å². The Morgan fingerprint density at radius 1 is 1.03 bits per heavy atom. The second-order valence-electron chi connectivity index (χ2n) is 8.71. The third-order valence-corrected chi connectivity index (χ3v) is 7.03. The van der Waals surface area contributed by atoms with Gasteiger partial charge < -0.3 is 14.2 Å². The number of carbonyl (C=O) groups is 2. The van der Waals surface area contributed by atoms with Crippen LogP contribution >= 0.6 is 0 Å². The van der Waals surface area contributed by atoms with E-state index in [1.807, 2.05) is 0 Å². The number of rotatable bonds is 11. The van der Waals surface area contributed by atoms with Gasteiger partial charge in [0.1, 0.15) is 5.75 Å². The monoisotopic (exact) mass is 582 g/mol. The molecule has 2 rings (SSSR count). The summed E-state index contributed by atoms with van der Waals surface area (Å²) in [7, 11) is -5.88. The van der Waals surface area contributed by atoms with E-state index in [2.05, 4.69) is 0 Å². The Labute approximate surface area is 213 Å². The molecule has 1 aliphatic carbocycles. The van der Waals surface area contributed by atoms with E-state index < -0.39 is 81.9 Å². The second-order valence-corrected chi connectivity index (χ2v) is 10.2. The number of alkyl halides is 7. The normalized spacial score (nSPS) is 18.1. The van der Waals surface area contributed by atoms with Crippen LogP contribution in [-0.4, -0.2) is 49.0 Å². The number of hydrogen-bond acceptors (Lipinski definition) is 7. The zero-order valence-electron chi connectivity index (χ0n) is 19.9. The van der Waals surface area contributed by atoms with Crippen molar-refractivity contribution in [2.24, 2.45) is 11.8 Å². The second kappa shape index (κ2) is 12.2. The fourth-order valence-electron chi connectivity index (χ4n) is 3.60. The van der Waals surface area contributed by atoms with Crippen LogP contribution in [0.3, 0.4) is 0 Å². The molecular weight excluding hydrogens is 557 g/mol. The van der Waals surface area contributed by atoms with Gasteiger partial charge in [0.25, 0.3) is 0 Å². The van der Waals surface area contributed by atoms with Crippen molar-refractivity contribution in [1.29, 1.82) is 0 Å². The minimum Gasteiger partial charge on any atom is -0.422 e. The molecule has 1 aromatic rings. The Morgan fingerprint density at radius 2 is 1.58 bits per heavy atom. The molecule has 216 valence electrons. The van der Waals surface area contributed by atoms with Gasteiger partial charge in [-0.05, 0) is 43.5 Å². The zero-order chi connectivity index (χ0) is 28.9. The molecule has 0 bridgehead atoms. The molecule has 1 aliphatic rings. The maximum atomic E-state index is 14.3. The number of ether oxygens (including phenoxy) is 3. The van der Waals surface area contributed by atoms with Gasteiger partial charge >= 0.3 is 45.7 Å². The third kappa shape index (κ3) is 7.56. The number of esters is 2. The third-order valence-electron chi connectivity index (χ3n) is 5.94. The lowest BCUT2D eigenvalue weighted by atomic mass is 9.89. The summed E-state index contributed by atoms with van der Waals surface area (Å²) >= 11 is 0. The summed E-state index contributed by atoms with van der Waals surface area (Å²) < 4.78 is 139. The zero-order valence-corrected chi connectivity index (χ0v) is 20.7. The quantitative estimate of drug-likeness (QED) is 0.124. The molecule has 2 unspecified atom stereocenters. The average Bonchev–Trinajstić information content (AvgIpc) is 2.82. The first kappa shape index (κ1) is 31.8. The molecule has 1 N–H and O–H groups in total. The predicted octanol–water partition coefficient (Wildman–Crippen LogP) is 5.22. The lowest BCUT2D eigenvalue weighted by Crippen LogP contribution is -2.55. The lowest BCUT2D eigenvalue weighted by molar-refractivity contribution is -0.279. The van der Waals surface area contributed by atoms with Gasteiger partial charge in [-0.25, -0.2) is 13.6 Å². The van der Waals surface area contributed by atoms with Gasteiger partial charge in [0.15, 0.2) is 0 Å². The number of benzene rings is 1. The number of hydrogen-bond donors (Lipinski definition) is 1. The number of carbonyl (C=O) groups excluding carboxylic acids is 2. The highest BCUT2D eigenvalue weighted by molar-refractivity contribution is 7.86. The fourth-order valence-corrected chi connectivity index (χ4v) is 4.22. The smallest absolute Gasteiger partial charge is 0.416 e. The summed E-state index contributed by atoms with van der Waals surface area (Å²) in [5.41, 5.74) is -1.15. The minimum absolute atomic E-state index is 0.240. The SMILES string of the molecule is CC(CCOC(OC(=O)C1CCCCC1)(C(=O)Oc1ccc(C(F)(F)F)cc1)C(F)F)C(F)(F)S(=O)(=O)O. The molecule has 0 aliphatic heterocycles. The van der Waals surface area contributed by atoms with Crippen LogP contribution in [0.25, 0.3) is 0 Å². The molecule has 0 spiro atoms. The van der Waals surface area contributed by atoms with Crippen LogP contribution in [-0.2, 0) is 35.4 Å². The lowest BCUT2D eigenvalue weighted by Gasteiger charge is -2.32. The molecule has 0 saturated heterocycles. The molecule has 38 heavy (non-hydrogen) atoms. The Balaban J connectivity index is 2.31. The van der Waals surface area contributed by atoms with Crippen LogP contribution in [0, 0.1) is 11.8 Å². The summed E-state index contributed by atoms with van der Waals surface area (Å²) in [4.78, 5) is 25.4. The van der Waals surface area contributed by atoms with Crippen molar-refractivity contribution >= 4 is 22.1 Å². The van der Waals surface area contributed by atoms with Crippen LogP contribution in [0.4, 0.5) is 30.7 Å². The van der Waals surface area contributed by atoms with Gasteiger partial charge in [-0.2, -0.15) is 30.4 Å². The van der Waals surface area contributed by atoms with Crippen molar-refractivity contribution in [2.75, 3.05) is 6.61 Å². The largest absolute Gasteiger partial charge is 0.422 e. The summed E-state index contributed by atoms with van der Waals surface area (Å²) in [5, 5.41) is -4.70. The van der Waals surface area contributed by atoms with Crippen molar-refractivity contribution in [2.45, 2.75) is 69.1 Å². The Bertz CT molecular complexity index is 1070. The molecule has 0 amide bonds. The molecular formula is C22H25F7O8S. The Morgan fingerprint density at radius 3 is 2.05 bits per heavy atom. The summed E-state index contributed by atoms with van der Waals surface area (Å²) in [6, 6.07) is 2.24. The highest BCUT2D eigenvalue weighted by Gasteiger charge is 2.56. The van der Waals surface area contributed by atoms with Crippen molar-refractivity contribution in [3.8, 4) is 5.75 Å². The van der Waals surface area contributed by atoms with E-state index in [0.717, 1.165) is 6.42 Å². The van der Waals surface area contributed by atoms with E-state index in [0.29, 0.717) is 44.0 Å². The molecule has 0 radical (unpaired) electrons. The van der Waals surface area contributed by atoms with Gasteiger partial charge in [0.05, 0.1) is 18.1 Å². The molecule has 8 nitrogen and oxygen atoms in total. The Kier molecular flexibility index (Phi) is 10.2. The average molecular weight is 582 g/mol. The van der Waals surface area contributed by atoms with Gasteiger partial charge in [-0.15, -0.1) is 0 Å². The van der Waals surface area contributed by atoms with E-state index >= 15 is 0 Å². The summed E-state index contributed by atoms with van der Waals surface area (Å²) in [6.45, 7) is -0.549. The maximum Gasteiger partial charge on any atom is 0.416 e. The van der Waals surface area contributed by atoms with Crippen LogP contribution < -0.4 is 4.74 Å². The van der Waals surface area contributed by atoms with E-state index in [4.69, 9.17) is 18.8 Å². The maximum absolute atomic E-state index is 14.3. The van der Waals surface area contributed by atoms with E-state index in [-0.39, 0.29) is 12.8 Å². The van der Waals surface area contributed by atoms with Crippen molar-refractivity contribution in [1.82, 2.24) is 0 Å². The van der Waals surface area contributed by atoms with E-state index in [1.165, 1.54) is 0 Å². The topological polar surface area (TPSA) is 116 Å². The van der Waals surface area contributed by atoms with Crippen LogP contribution in [0.2, 0.25) is 0 Å². The molecule has 1 saturated carbocycles. The van der Waals surface area contributed by atoms with Crippen LogP contribution in [0.5, 0.6) is 5.75 Å². The Hall–Kier alpha value is -2.46. The van der Waals surface area contributed by atoms with Crippen molar-refractivity contribution in [3.05, 3.63) is 29.8 Å². The minimum atomic E-state index is -5.88. The summed E-state index contributed by atoms with van der Waals surface area (Å²) in [5.74, 6) is -10.9. The van der Waals surface area contributed by atoms with E-state index in [1.54, 1.807) is 0 Å². The standard InChI is InChI=1S/C22H25F7O8S/c1-13(22(28,29)38(32,33)34)11-12-35-20(18(23)24,37-17(30)14-5-3-2-4-6-14)19(31)36-16-9-7-15(8-10-16)21(25,26)27/h7-10,13-14,18H,2-6,11-12H2,1H3,(H,32,33,34). The molecule has 16 heteroatoms. The molecule has 2 atom stereocenters. The van der Waals surface area contributed by atoms with Crippen LogP contribution in [0.15, 0.2) is 24.3 Å².